The smallest absolute Gasteiger partial charge is 0.364 e. The minimum absolute atomic E-state index is 0.174. The molecule has 2 heterocycles. The second-order valence-corrected chi connectivity index (χ2v) is 10.8. The zero-order valence-corrected chi connectivity index (χ0v) is 21.8. The summed E-state index contributed by atoms with van der Waals surface area (Å²) in [4.78, 5) is -2.06. The fraction of sp³-hybridized carbons (Fsp3) is 0.240. The van der Waals surface area contributed by atoms with Gasteiger partial charge in [-0.1, -0.05) is 0 Å². The third-order valence-electron chi connectivity index (χ3n) is 5.83. The van der Waals surface area contributed by atoms with Crippen molar-refractivity contribution in [2.45, 2.75) is 45.0 Å². The first-order valence-electron chi connectivity index (χ1n) is 11.1. The van der Waals surface area contributed by atoms with E-state index >= 15 is 0 Å². The monoisotopic (exact) mass is 669 g/mol. The molecule has 0 bridgehead atoms. The third kappa shape index (κ3) is 5.56. The molecule has 0 saturated carbocycles. The minimum Gasteiger partial charge on any atom is -0.457 e. The maximum atomic E-state index is 13.7. The van der Waals surface area contributed by atoms with E-state index in [1.54, 1.807) is 6.07 Å². The van der Waals surface area contributed by atoms with Crippen molar-refractivity contribution >= 4 is 23.5 Å². The Morgan fingerprint density at radius 2 is 1.16 bits per heavy atom. The first-order chi connectivity index (χ1) is 19.7. The van der Waals surface area contributed by atoms with Crippen LogP contribution < -0.4 is 4.74 Å². The molecule has 0 aliphatic carbocycles. The summed E-state index contributed by atoms with van der Waals surface area (Å²) in [7, 11) is 0. The van der Waals surface area contributed by atoms with Gasteiger partial charge in [0, 0.05) is 27.0 Å². The third-order valence-corrected chi connectivity index (χ3v) is 8.15. The molecular formula is C25H9F14NOS2. The van der Waals surface area contributed by atoms with Gasteiger partial charge in [0.2, 0.25) is 0 Å². The molecule has 0 atom stereocenters. The van der Waals surface area contributed by atoms with Crippen molar-refractivity contribution < 1.29 is 66.2 Å². The van der Waals surface area contributed by atoms with E-state index in [1.165, 1.54) is 0 Å². The highest BCUT2D eigenvalue weighted by Gasteiger charge is 2.66. The van der Waals surface area contributed by atoms with Crippen LogP contribution in [0.4, 0.5) is 61.5 Å². The van der Waals surface area contributed by atoms with Crippen LogP contribution in [0.5, 0.6) is 11.5 Å². The second kappa shape index (κ2) is 11.0. The van der Waals surface area contributed by atoms with Gasteiger partial charge in [-0.15, -0.1) is 0 Å². The number of hydrogen-bond donors (Lipinski definition) is 0. The molecule has 3 aromatic rings. The molecule has 0 spiro atoms. The van der Waals surface area contributed by atoms with Gasteiger partial charge in [-0.2, -0.15) is 40.4 Å². The number of halogens is 14. The summed E-state index contributed by atoms with van der Waals surface area (Å²) in [5.74, 6) is -12.6. The van der Waals surface area contributed by atoms with E-state index < -0.39 is 108 Å². The molecule has 5 rings (SSSR count). The maximum absolute atomic E-state index is 13.7. The van der Waals surface area contributed by atoms with Crippen molar-refractivity contribution in [3.8, 4) is 17.6 Å². The number of ether oxygens (including phenoxy) is 1. The molecule has 18 heteroatoms. The van der Waals surface area contributed by atoms with Gasteiger partial charge in [-0.05, 0) is 59.9 Å². The Balaban J connectivity index is 0.000000215. The number of hydrogen-bond acceptors (Lipinski definition) is 4. The molecule has 0 N–H and O–H groups in total. The Labute approximate surface area is 239 Å². The quantitative estimate of drug-likeness (QED) is 0.259. The van der Waals surface area contributed by atoms with Crippen LogP contribution in [0.2, 0.25) is 0 Å². The summed E-state index contributed by atoms with van der Waals surface area (Å²) < 4.78 is 190. The molecule has 3 aromatic carbocycles. The molecule has 0 unspecified atom stereocenters. The van der Waals surface area contributed by atoms with E-state index in [4.69, 9.17) is 10.00 Å². The van der Waals surface area contributed by atoms with Crippen LogP contribution in [0.3, 0.4) is 0 Å². The first kappa shape index (κ1) is 32.6. The second-order valence-electron chi connectivity index (χ2n) is 8.57. The molecule has 2 nitrogen and oxygen atoms in total. The highest BCUT2D eigenvalue weighted by Crippen LogP contribution is 2.64. The lowest BCUT2D eigenvalue weighted by atomic mass is 10.0. The Morgan fingerprint density at radius 3 is 1.65 bits per heavy atom. The van der Waals surface area contributed by atoms with Gasteiger partial charge in [0.15, 0.2) is 0 Å². The molecular weight excluding hydrogens is 660 g/mol. The average molecular weight is 669 g/mol. The zero-order valence-electron chi connectivity index (χ0n) is 20.2. The maximum Gasteiger partial charge on any atom is 0.364 e. The summed E-state index contributed by atoms with van der Waals surface area (Å²) in [6.07, 6.45) is -6.83. The largest absolute Gasteiger partial charge is 0.457 e. The topological polar surface area (TPSA) is 33.0 Å². The summed E-state index contributed by atoms with van der Waals surface area (Å²) in [6.45, 7) is 0. The average Bonchev–Trinajstić information content (AvgIpc) is 3.17. The molecule has 0 aromatic heterocycles. The molecule has 2 aliphatic heterocycles. The number of rotatable bonds is 4. The Morgan fingerprint density at radius 1 is 0.674 bits per heavy atom. The number of nitrogens with zero attached hydrogens (tertiary/aromatic N) is 1. The molecule has 0 saturated heterocycles. The van der Waals surface area contributed by atoms with Gasteiger partial charge in [-0.3, -0.25) is 0 Å². The Kier molecular flexibility index (Phi) is 8.33. The fourth-order valence-corrected chi connectivity index (χ4v) is 6.08. The zero-order chi connectivity index (χ0) is 32.3. The van der Waals surface area contributed by atoms with E-state index in [0.717, 1.165) is 18.2 Å². The van der Waals surface area contributed by atoms with Crippen molar-refractivity contribution in [1.82, 2.24) is 0 Å². The minimum atomic E-state index is -4.62. The highest BCUT2D eigenvalue weighted by atomic mass is 32.2. The summed E-state index contributed by atoms with van der Waals surface area (Å²) in [5, 5.41) is -0.366. The van der Waals surface area contributed by atoms with Gasteiger partial charge in [0.1, 0.15) is 23.1 Å². The van der Waals surface area contributed by atoms with Crippen LogP contribution in [0, 0.1) is 23.0 Å². The summed E-state index contributed by atoms with van der Waals surface area (Å²) in [5.41, 5.74) is -5.21. The lowest BCUT2D eigenvalue weighted by Crippen LogP contribution is -2.29. The molecule has 0 fully saturated rings. The fourth-order valence-electron chi connectivity index (χ4n) is 3.88. The summed E-state index contributed by atoms with van der Waals surface area (Å²) >= 11 is -1.41. The number of benzene rings is 3. The van der Waals surface area contributed by atoms with Crippen molar-refractivity contribution in [3.63, 3.8) is 0 Å². The van der Waals surface area contributed by atoms with E-state index in [-0.39, 0.29) is 11.3 Å². The predicted molar refractivity (Wildman–Crippen MR) is 123 cm³/mol. The van der Waals surface area contributed by atoms with Crippen molar-refractivity contribution in [3.05, 3.63) is 81.9 Å². The van der Waals surface area contributed by atoms with Gasteiger partial charge in [-0.25, -0.2) is 26.3 Å². The molecule has 0 amide bonds. The van der Waals surface area contributed by atoms with Crippen LogP contribution in [-0.2, 0) is 11.8 Å². The van der Waals surface area contributed by atoms with Gasteiger partial charge >= 0.3 is 22.4 Å². The van der Waals surface area contributed by atoms with Crippen LogP contribution in [-0.4, -0.2) is 10.5 Å². The number of alkyl halides is 12. The van der Waals surface area contributed by atoms with Gasteiger partial charge in [0.25, 0.3) is 12.9 Å². The van der Waals surface area contributed by atoms with E-state index in [2.05, 4.69) is 0 Å². The van der Waals surface area contributed by atoms with E-state index in [9.17, 15) is 61.5 Å². The van der Waals surface area contributed by atoms with Crippen molar-refractivity contribution in [2.24, 2.45) is 0 Å². The lowest BCUT2D eigenvalue weighted by molar-refractivity contribution is -0.154. The van der Waals surface area contributed by atoms with Crippen LogP contribution in [0.25, 0.3) is 0 Å². The number of thioether (sulfide) groups is 2. The molecule has 0 radical (unpaired) electrons. The molecule has 230 valence electrons. The van der Waals surface area contributed by atoms with Gasteiger partial charge in [0.05, 0.1) is 22.8 Å². The Bertz CT molecular complexity index is 1620. The van der Waals surface area contributed by atoms with Crippen LogP contribution >= 0.6 is 23.5 Å². The van der Waals surface area contributed by atoms with E-state index in [1.807, 2.05) is 0 Å². The Hall–Kier alpha value is -3.33. The predicted octanol–water partition coefficient (Wildman–Crippen LogP) is 10.8. The number of nitriles is 1. The van der Waals surface area contributed by atoms with Crippen LogP contribution in [0.1, 0.15) is 40.7 Å². The SMILES string of the molecule is Fc1ccc2c(c1C(F)F)SC(F)(F)C2(F)F.N#Cc1cc(F)cc(Oc2ccc3c(c2C(F)F)SC(F)(F)C3(F)F)c1. The standard InChI is InChI=1S/C16H6F7NOS.C9H3F7S/c17-8-3-7(6-24)4-9(5-8)25-11-2-1-10-13(12(11)14(18)19)26-16(22,23)15(10,20)21;10-4-2-1-3-6(5(4)7(11)12)17-9(15,16)8(3,13)14/h1-5,14H;1-2,7H. The molecule has 43 heavy (non-hydrogen) atoms. The molecule has 2 aliphatic rings. The summed E-state index contributed by atoms with van der Waals surface area (Å²) in [6, 6.07) is 6.30. The van der Waals surface area contributed by atoms with Crippen molar-refractivity contribution in [1.29, 1.82) is 5.26 Å². The highest BCUT2D eigenvalue weighted by molar-refractivity contribution is 8.01. The lowest BCUT2D eigenvalue weighted by Gasteiger charge is -2.17. The van der Waals surface area contributed by atoms with Crippen LogP contribution in [0.15, 0.2) is 52.3 Å². The van der Waals surface area contributed by atoms with Crippen molar-refractivity contribution in [2.75, 3.05) is 0 Å². The first-order valence-corrected chi connectivity index (χ1v) is 12.7. The number of fused-ring (bicyclic) bond motifs is 2. The van der Waals surface area contributed by atoms with E-state index in [0.29, 0.717) is 24.3 Å². The normalized spacial score (nSPS) is 18.5. The van der Waals surface area contributed by atoms with Gasteiger partial charge < -0.3 is 4.74 Å².